The fourth-order valence-electron chi connectivity index (χ4n) is 2.84. The second-order valence-corrected chi connectivity index (χ2v) is 5.86. The Labute approximate surface area is 153 Å². The van der Waals surface area contributed by atoms with E-state index in [2.05, 4.69) is 5.32 Å². The number of hydrogen-bond donors (Lipinski definition) is 1. The summed E-state index contributed by atoms with van der Waals surface area (Å²) < 4.78 is 31.2. The smallest absolute Gasteiger partial charge is 0.162 e. The van der Waals surface area contributed by atoms with Crippen LogP contribution in [-0.2, 0) is 4.74 Å². The summed E-state index contributed by atoms with van der Waals surface area (Å²) in [6.07, 6.45) is -0.630. The average Bonchev–Trinajstić information content (AvgIpc) is 2.60. The highest BCUT2D eigenvalue weighted by Gasteiger charge is 2.29. The third kappa shape index (κ3) is 4.84. The number of nitrogens with one attached hydrogen (secondary N) is 1. The Morgan fingerprint density at radius 1 is 1.20 bits per heavy atom. The van der Waals surface area contributed by atoms with Gasteiger partial charge in [0.25, 0.3) is 0 Å². The van der Waals surface area contributed by atoms with Crippen molar-refractivity contribution in [1.82, 2.24) is 5.32 Å². The van der Waals surface area contributed by atoms with E-state index in [1.54, 1.807) is 13.2 Å². The van der Waals surface area contributed by atoms with Crippen LogP contribution in [0.1, 0.15) is 17.2 Å². The molecule has 1 aliphatic rings. The minimum absolute atomic E-state index is 0. The lowest BCUT2D eigenvalue weighted by Gasteiger charge is -2.32. The minimum atomic E-state index is -0.427. The van der Waals surface area contributed by atoms with Crippen LogP contribution >= 0.6 is 12.4 Å². The third-order valence-electron chi connectivity index (χ3n) is 4.04. The van der Waals surface area contributed by atoms with Crippen molar-refractivity contribution in [2.24, 2.45) is 0 Å². The number of rotatable bonds is 5. The molecule has 2 aromatic rings. The zero-order valence-corrected chi connectivity index (χ0v) is 15.1. The molecule has 1 aliphatic heterocycles. The van der Waals surface area contributed by atoms with E-state index in [0.717, 1.165) is 17.7 Å². The number of halogens is 2. The van der Waals surface area contributed by atoms with Gasteiger partial charge in [0.2, 0.25) is 0 Å². The molecule has 0 aromatic heterocycles. The van der Waals surface area contributed by atoms with Gasteiger partial charge in [-0.25, -0.2) is 4.39 Å². The molecule has 2 atom stereocenters. The molecular weight excluding hydrogens is 345 g/mol. The molecule has 0 bridgehead atoms. The van der Waals surface area contributed by atoms with E-state index in [1.807, 2.05) is 31.2 Å². The highest BCUT2D eigenvalue weighted by Crippen LogP contribution is 2.34. The molecule has 1 heterocycles. The molecule has 1 saturated heterocycles. The molecule has 25 heavy (non-hydrogen) atoms. The minimum Gasteiger partial charge on any atom is -0.493 e. The average molecular weight is 368 g/mol. The largest absolute Gasteiger partial charge is 0.493 e. The highest BCUT2D eigenvalue weighted by molar-refractivity contribution is 5.85. The summed E-state index contributed by atoms with van der Waals surface area (Å²) in [5.74, 6) is 0.979. The normalized spacial score (nSPS) is 18.1. The van der Waals surface area contributed by atoms with Gasteiger partial charge in [0, 0.05) is 13.1 Å². The van der Waals surface area contributed by atoms with Gasteiger partial charge in [-0.2, -0.15) is 0 Å². The number of ether oxygens (including phenoxy) is 3. The van der Waals surface area contributed by atoms with Gasteiger partial charge in [-0.1, -0.05) is 18.2 Å². The molecule has 6 heteroatoms. The molecule has 0 radical (unpaired) electrons. The molecule has 1 N–H and O–H groups in total. The van der Waals surface area contributed by atoms with Crippen LogP contribution in [0.25, 0.3) is 0 Å². The van der Waals surface area contributed by atoms with E-state index in [4.69, 9.17) is 14.2 Å². The molecule has 1 fully saturated rings. The maximum atomic E-state index is 13.7. The van der Waals surface area contributed by atoms with E-state index in [-0.39, 0.29) is 24.3 Å². The predicted octanol–water partition coefficient (Wildman–Crippen LogP) is 3.67. The molecule has 0 aliphatic carbocycles. The summed E-state index contributed by atoms with van der Waals surface area (Å²) in [7, 11) is 1.60. The molecule has 0 amide bonds. The van der Waals surface area contributed by atoms with E-state index in [1.165, 1.54) is 12.1 Å². The van der Waals surface area contributed by atoms with Crippen molar-refractivity contribution in [3.05, 3.63) is 59.4 Å². The van der Waals surface area contributed by atoms with Crippen molar-refractivity contribution >= 4 is 12.4 Å². The fourth-order valence-corrected chi connectivity index (χ4v) is 2.84. The fraction of sp³-hybridized carbons (Fsp3) is 0.368. The first kappa shape index (κ1) is 19.5. The first-order valence-corrected chi connectivity index (χ1v) is 8.06. The van der Waals surface area contributed by atoms with E-state index in [0.29, 0.717) is 24.7 Å². The van der Waals surface area contributed by atoms with Gasteiger partial charge in [0.05, 0.1) is 13.7 Å². The van der Waals surface area contributed by atoms with Crippen LogP contribution in [0.15, 0.2) is 42.5 Å². The maximum Gasteiger partial charge on any atom is 0.162 e. The predicted molar refractivity (Wildman–Crippen MR) is 97.4 cm³/mol. The molecule has 0 spiro atoms. The maximum absolute atomic E-state index is 13.7. The second-order valence-electron chi connectivity index (χ2n) is 5.86. The summed E-state index contributed by atoms with van der Waals surface area (Å²) in [5, 5.41) is 3.30. The zero-order valence-electron chi connectivity index (χ0n) is 14.3. The molecule has 2 aromatic carbocycles. The Balaban J connectivity index is 0.00000225. The van der Waals surface area contributed by atoms with Crippen LogP contribution in [0, 0.1) is 12.7 Å². The first-order chi connectivity index (χ1) is 11.7. The van der Waals surface area contributed by atoms with Gasteiger partial charge in [-0.15, -0.1) is 12.4 Å². The summed E-state index contributed by atoms with van der Waals surface area (Å²) >= 11 is 0. The quantitative estimate of drug-likeness (QED) is 0.875. The van der Waals surface area contributed by atoms with Crippen molar-refractivity contribution in [3.8, 4) is 11.5 Å². The molecule has 3 rings (SSSR count). The lowest BCUT2D eigenvalue weighted by atomic mass is 10.0. The van der Waals surface area contributed by atoms with Crippen molar-refractivity contribution in [2.75, 3.05) is 26.8 Å². The summed E-state index contributed by atoms with van der Waals surface area (Å²) in [4.78, 5) is 0. The van der Waals surface area contributed by atoms with Crippen LogP contribution in [0.3, 0.4) is 0 Å². The summed E-state index contributed by atoms with van der Waals surface area (Å²) in [6.45, 7) is 4.04. The standard InChI is InChI=1S/C19H22FNO3.ClH/c1-13-6-7-16(22-2)17(10-13)24-19(18-12-21-8-9-23-18)14-4-3-5-15(20)11-14;/h3-7,10-11,18-19,21H,8-9,12H2,1-2H3;1H/t18-,19?;/m0./s1. The molecule has 0 saturated carbocycles. The molecule has 1 unspecified atom stereocenters. The van der Waals surface area contributed by atoms with Gasteiger partial charge in [0.15, 0.2) is 17.6 Å². The van der Waals surface area contributed by atoms with E-state index >= 15 is 0 Å². The van der Waals surface area contributed by atoms with Gasteiger partial charge in [0.1, 0.15) is 11.9 Å². The van der Waals surface area contributed by atoms with Gasteiger partial charge in [-0.3, -0.25) is 0 Å². The van der Waals surface area contributed by atoms with Gasteiger partial charge in [-0.05, 0) is 42.3 Å². The Morgan fingerprint density at radius 2 is 2.04 bits per heavy atom. The summed E-state index contributed by atoms with van der Waals surface area (Å²) in [5.41, 5.74) is 1.80. The Bertz CT molecular complexity index is 692. The van der Waals surface area contributed by atoms with E-state index in [9.17, 15) is 4.39 Å². The molecular formula is C19H23ClFNO3. The third-order valence-corrected chi connectivity index (χ3v) is 4.04. The Hall–Kier alpha value is -1.82. The van der Waals surface area contributed by atoms with Crippen molar-refractivity contribution < 1.29 is 18.6 Å². The van der Waals surface area contributed by atoms with Crippen molar-refractivity contribution in [2.45, 2.75) is 19.1 Å². The number of morpholine rings is 1. The monoisotopic (exact) mass is 367 g/mol. The lowest BCUT2D eigenvalue weighted by molar-refractivity contribution is -0.0439. The first-order valence-electron chi connectivity index (χ1n) is 8.06. The number of methoxy groups -OCH3 is 1. The molecule has 4 nitrogen and oxygen atoms in total. The topological polar surface area (TPSA) is 39.7 Å². The Morgan fingerprint density at radius 3 is 2.72 bits per heavy atom. The lowest BCUT2D eigenvalue weighted by Crippen LogP contribution is -2.43. The van der Waals surface area contributed by atoms with Crippen LogP contribution in [-0.4, -0.2) is 32.9 Å². The van der Waals surface area contributed by atoms with Crippen LogP contribution < -0.4 is 14.8 Å². The number of benzene rings is 2. The SMILES string of the molecule is COc1ccc(C)cc1OC(c1cccc(F)c1)[C@@H]1CNCCO1.Cl. The Kier molecular flexibility index (Phi) is 7.05. The molecule has 136 valence electrons. The van der Waals surface area contributed by atoms with Gasteiger partial charge < -0.3 is 19.5 Å². The van der Waals surface area contributed by atoms with Crippen molar-refractivity contribution in [3.63, 3.8) is 0 Å². The van der Waals surface area contributed by atoms with Gasteiger partial charge >= 0.3 is 0 Å². The zero-order chi connectivity index (χ0) is 16.9. The number of hydrogen-bond acceptors (Lipinski definition) is 4. The van der Waals surface area contributed by atoms with Crippen LogP contribution in [0.2, 0.25) is 0 Å². The van der Waals surface area contributed by atoms with E-state index < -0.39 is 6.10 Å². The van der Waals surface area contributed by atoms with Crippen LogP contribution in [0.5, 0.6) is 11.5 Å². The highest BCUT2D eigenvalue weighted by atomic mass is 35.5. The van der Waals surface area contributed by atoms with Crippen LogP contribution in [0.4, 0.5) is 4.39 Å². The summed E-state index contributed by atoms with van der Waals surface area (Å²) in [6, 6.07) is 12.2. The second kappa shape index (κ2) is 9.04. The van der Waals surface area contributed by atoms with Crippen molar-refractivity contribution in [1.29, 1.82) is 0 Å². The number of aryl methyl sites for hydroxylation is 1.